The van der Waals surface area contributed by atoms with Gasteiger partial charge in [-0.05, 0) is 60.4 Å². The van der Waals surface area contributed by atoms with Crippen LogP contribution in [0.25, 0.3) is 39.4 Å². The number of aryl methyl sites for hydroxylation is 2. The molecule has 0 aliphatic heterocycles. The summed E-state index contributed by atoms with van der Waals surface area (Å²) in [6.07, 6.45) is 3.52. The topological polar surface area (TPSA) is 75.0 Å². The Morgan fingerprint density at radius 1 is 0.842 bits per heavy atom. The van der Waals surface area contributed by atoms with Gasteiger partial charge >= 0.3 is 0 Å². The van der Waals surface area contributed by atoms with Gasteiger partial charge in [-0.15, -0.1) is 0 Å². The summed E-state index contributed by atoms with van der Waals surface area (Å²) >= 11 is 2.40. The van der Waals surface area contributed by atoms with Crippen LogP contribution < -0.4 is 0 Å². The molecule has 1 N–H and O–H groups in total. The van der Waals surface area contributed by atoms with Gasteiger partial charge < -0.3 is 4.98 Å². The van der Waals surface area contributed by atoms with Gasteiger partial charge in [0.2, 0.25) is 0 Å². The van der Waals surface area contributed by atoms with Crippen LogP contribution in [0.4, 0.5) is 0 Å². The summed E-state index contributed by atoms with van der Waals surface area (Å²) in [6.45, 7) is 5.61. The Hall–Kier alpha value is -3.89. The normalized spacial score (nSPS) is 11.5. The smallest absolute Gasteiger partial charge is 0.155 e. The van der Waals surface area contributed by atoms with Gasteiger partial charge in [0.05, 0.1) is 23.6 Å². The monoisotopic (exact) mass is 611 g/mol. The van der Waals surface area contributed by atoms with E-state index < -0.39 is 0 Å². The van der Waals surface area contributed by atoms with Crippen LogP contribution in [0.1, 0.15) is 22.6 Å². The fourth-order valence-electron chi connectivity index (χ4n) is 4.81. The number of imidazole rings is 1. The Bertz CT molecular complexity index is 1720. The molecule has 0 saturated heterocycles. The SMILES string of the molecule is Cc1cccc(-c2[nH]c(CN(I)Cc3cccc(C)c3-c3ccccc3)nc2-c2ccc3ncnn3c2)n1. The molecule has 0 radical (unpaired) electrons. The molecule has 2 aromatic carbocycles. The molecule has 4 heterocycles. The molecule has 188 valence electrons. The lowest BCUT2D eigenvalue weighted by Gasteiger charge is -2.18. The summed E-state index contributed by atoms with van der Waals surface area (Å²) in [5.74, 6) is 0.875. The van der Waals surface area contributed by atoms with E-state index in [0.29, 0.717) is 6.54 Å². The summed E-state index contributed by atoms with van der Waals surface area (Å²) in [4.78, 5) is 17.7. The maximum Gasteiger partial charge on any atom is 0.155 e. The van der Waals surface area contributed by atoms with Gasteiger partial charge in [0, 0.05) is 46.9 Å². The number of aromatic amines is 1. The fourth-order valence-corrected chi connectivity index (χ4v) is 5.50. The van der Waals surface area contributed by atoms with Crippen LogP contribution in [0.5, 0.6) is 0 Å². The first-order valence-corrected chi connectivity index (χ1v) is 13.4. The van der Waals surface area contributed by atoms with Crippen LogP contribution >= 0.6 is 22.9 Å². The van der Waals surface area contributed by atoms with Crippen molar-refractivity contribution in [1.29, 1.82) is 0 Å². The molecule has 0 amide bonds. The predicted molar refractivity (Wildman–Crippen MR) is 158 cm³/mol. The highest BCUT2D eigenvalue weighted by Crippen LogP contribution is 2.32. The van der Waals surface area contributed by atoms with Crippen LogP contribution in [-0.4, -0.2) is 32.7 Å². The molecule has 8 heteroatoms. The summed E-state index contributed by atoms with van der Waals surface area (Å²) < 4.78 is 4.03. The maximum atomic E-state index is 5.05. The zero-order valence-electron chi connectivity index (χ0n) is 21.1. The van der Waals surface area contributed by atoms with Crippen molar-refractivity contribution in [2.75, 3.05) is 0 Å². The molecule has 6 aromatic rings. The molecule has 7 nitrogen and oxygen atoms in total. The quantitative estimate of drug-likeness (QED) is 0.159. The van der Waals surface area contributed by atoms with Crippen LogP contribution in [0.2, 0.25) is 0 Å². The second-order valence-corrected chi connectivity index (χ2v) is 10.7. The minimum Gasteiger partial charge on any atom is -0.339 e. The highest BCUT2D eigenvalue weighted by atomic mass is 127. The first-order chi connectivity index (χ1) is 18.5. The van der Waals surface area contributed by atoms with E-state index in [-0.39, 0.29) is 0 Å². The summed E-state index contributed by atoms with van der Waals surface area (Å²) in [6, 6.07) is 27.1. The van der Waals surface area contributed by atoms with Crippen molar-refractivity contribution < 1.29 is 0 Å². The van der Waals surface area contributed by atoms with Crippen molar-refractivity contribution >= 4 is 28.5 Å². The van der Waals surface area contributed by atoms with E-state index in [4.69, 9.17) is 9.97 Å². The van der Waals surface area contributed by atoms with Crippen molar-refractivity contribution in [3.05, 3.63) is 114 Å². The summed E-state index contributed by atoms with van der Waals surface area (Å²) in [5.41, 5.74) is 10.4. The van der Waals surface area contributed by atoms with E-state index in [0.717, 1.165) is 46.4 Å². The van der Waals surface area contributed by atoms with Crippen LogP contribution in [-0.2, 0) is 13.1 Å². The summed E-state index contributed by atoms with van der Waals surface area (Å²) in [7, 11) is 0. The molecule has 0 bridgehead atoms. The number of hydrogen-bond donors (Lipinski definition) is 1. The van der Waals surface area contributed by atoms with Gasteiger partial charge in [0.15, 0.2) is 5.65 Å². The minimum absolute atomic E-state index is 0.646. The molecule has 0 unspecified atom stereocenters. The Morgan fingerprint density at radius 2 is 1.68 bits per heavy atom. The van der Waals surface area contributed by atoms with E-state index in [2.05, 4.69) is 96.5 Å². The van der Waals surface area contributed by atoms with Crippen LogP contribution in [0, 0.1) is 13.8 Å². The molecule has 4 aromatic heterocycles. The van der Waals surface area contributed by atoms with Crippen molar-refractivity contribution in [2.24, 2.45) is 0 Å². The van der Waals surface area contributed by atoms with Crippen molar-refractivity contribution in [1.82, 2.24) is 32.7 Å². The first-order valence-electron chi connectivity index (χ1n) is 12.4. The maximum absolute atomic E-state index is 5.05. The summed E-state index contributed by atoms with van der Waals surface area (Å²) in [5, 5.41) is 4.31. The number of aromatic nitrogens is 6. The lowest BCUT2D eigenvalue weighted by Crippen LogP contribution is -2.12. The predicted octanol–water partition coefficient (Wildman–Crippen LogP) is 6.82. The number of fused-ring (bicyclic) bond motifs is 1. The van der Waals surface area contributed by atoms with Gasteiger partial charge in [-0.25, -0.2) is 17.6 Å². The van der Waals surface area contributed by atoms with E-state index in [1.807, 2.05) is 43.5 Å². The van der Waals surface area contributed by atoms with Crippen LogP contribution in [0.15, 0.2) is 91.4 Å². The van der Waals surface area contributed by atoms with E-state index >= 15 is 0 Å². The van der Waals surface area contributed by atoms with Gasteiger partial charge in [-0.2, -0.15) is 5.10 Å². The molecule has 0 spiro atoms. The molecule has 0 aliphatic carbocycles. The Labute approximate surface area is 235 Å². The molecular formula is C30H26IN7. The average Bonchev–Trinajstić information content (AvgIpc) is 3.56. The van der Waals surface area contributed by atoms with Crippen molar-refractivity contribution in [3.63, 3.8) is 0 Å². The second-order valence-electron chi connectivity index (χ2n) is 9.31. The van der Waals surface area contributed by atoms with E-state index in [1.165, 1.54) is 22.3 Å². The number of halogens is 1. The first kappa shape index (κ1) is 24.4. The number of benzene rings is 2. The average molecular weight is 611 g/mol. The molecule has 0 atom stereocenters. The highest BCUT2D eigenvalue weighted by molar-refractivity contribution is 14.1. The number of rotatable bonds is 7. The largest absolute Gasteiger partial charge is 0.339 e. The minimum atomic E-state index is 0.646. The third-order valence-corrected chi connectivity index (χ3v) is 7.21. The second kappa shape index (κ2) is 10.5. The van der Waals surface area contributed by atoms with Crippen molar-refractivity contribution in [2.45, 2.75) is 26.9 Å². The number of nitrogens with zero attached hydrogens (tertiary/aromatic N) is 6. The Balaban J connectivity index is 1.34. The Morgan fingerprint density at radius 3 is 2.53 bits per heavy atom. The molecular weight excluding hydrogens is 585 g/mol. The van der Waals surface area contributed by atoms with Crippen molar-refractivity contribution in [3.8, 4) is 33.8 Å². The highest BCUT2D eigenvalue weighted by Gasteiger charge is 2.18. The van der Waals surface area contributed by atoms with Gasteiger partial charge in [0.1, 0.15) is 12.2 Å². The number of hydrogen-bond acceptors (Lipinski definition) is 5. The molecule has 6 rings (SSSR count). The number of H-pyrrole nitrogens is 1. The lowest BCUT2D eigenvalue weighted by atomic mass is 9.95. The third kappa shape index (κ3) is 4.97. The standard InChI is InChI=1S/C30H26IN7/c1-20-8-6-12-23(28(20)22-10-4-3-5-11-22)16-37(31)18-26-35-29(24-14-15-27-32-19-33-38(27)17-24)30(36-26)25-13-7-9-21(2)34-25/h3-15,17,19H,16,18H2,1-2H3,(H,35,36). The zero-order valence-corrected chi connectivity index (χ0v) is 23.3. The fraction of sp³-hybridized carbons (Fsp3) is 0.133. The van der Waals surface area contributed by atoms with Gasteiger partial charge in [-0.1, -0.05) is 54.6 Å². The third-order valence-electron chi connectivity index (χ3n) is 6.53. The molecule has 0 aliphatic rings. The molecule has 0 fully saturated rings. The van der Waals surface area contributed by atoms with Gasteiger partial charge in [0.25, 0.3) is 0 Å². The zero-order chi connectivity index (χ0) is 26.1. The van der Waals surface area contributed by atoms with Crippen LogP contribution in [0.3, 0.4) is 0 Å². The lowest BCUT2D eigenvalue weighted by molar-refractivity contribution is 0.490. The number of pyridine rings is 2. The van der Waals surface area contributed by atoms with E-state index in [1.54, 1.807) is 10.8 Å². The Kier molecular flexibility index (Phi) is 6.73. The van der Waals surface area contributed by atoms with E-state index in [9.17, 15) is 0 Å². The molecule has 38 heavy (non-hydrogen) atoms. The molecule has 0 saturated carbocycles. The number of nitrogens with one attached hydrogen (secondary N) is 1. The van der Waals surface area contributed by atoms with Gasteiger partial charge in [-0.3, -0.25) is 4.98 Å².